The van der Waals surface area contributed by atoms with E-state index >= 15 is 0 Å². The number of hydrogen-bond donors (Lipinski definition) is 1. The second-order valence-electron chi connectivity index (χ2n) is 6.65. The third-order valence-electron chi connectivity index (χ3n) is 3.06. The molecule has 0 aromatic heterocycles. The van der Waals surface area contributed by atoms with Gasteiger partial charge in [0.05, 0.1) is 4.90 Å². The molecule has 1 aromatic carbocycles. The second kappa shape index (κ2) is 7.38. The zero-order valence-corrected chi connectivity index (χ0v) is 14.6. The van der Waals surface area contributed by atoms with Crippen molar-refractivity contribution >= 4 is 10.0 Å². The van der Waals surface area contributed by atoms with Gasteiger partial charge < -0.3 is 5.32 Å². The first-order chi connectivity index (χ1) is 9.66. The molecule has 0 amide bonds. The van der Waals surface area contributed by atoms with Crippen molar-refractivity contribution in [2.45, 2.75) is 45.6 Å². The highest BCUT2D eigenvalue weighted by molar-refractivity contribution is 7.89. The maximum absolute atomic E-state index is 12.6. The van der Waals surface area contributed by atoms with Crippen molar-refractivity contribution < 1.29 is 8.42 Å². The van der Waals surface area contributed by atoms with Crippen molar-refractivity contribution in [3.8, 4) is 0 Å². The topological polar surface area (TPSA) is 49.4 Å². The molecule has 5 heteroatoms. The molecule has 0 unspecified atom stereocenters. The van der Waals surface area contributed by atoms with Gasteiger partial charge in [-0.3, -0.25) is 0 Å². The molecule has 0 atom stereocenters. The standard InChI is InChI=1S/C16H28N2O2S/c1-6-10-17-12-14-8-7-9-15(11-14)21(19,20)18(5)13-16(2,3)4/h7-9,11,17H,6,10,12-13H2,1-5H3. The van der Waals surface area contributed by atoms with E-state index in [2.05, 4.69) is 12.2 Å². The Kier molecular flexibility index (Phi) is 6.38. The fourth-order valence-electron chi connectivity index (χ4n) is 2.16. The molecule has 120 valence electrons. The highest BCUT2D eigenvalue weighted by atomic mass is 32.2. The molecule has 21 heavy (non-hydrogen) atoms. The molecule has 0 aliphatic carbocycles. The first-order valence-electron chi connectivity index (χ1n) is 7.43. The van der Waals surface area contributed by atoms with Crippen molar-refractivity contribution in [1.82, 2.24) is 9.62 Å². The van der Waals surface area contributed by atoms with Crippen LogP contribution in [-0.2, 0) is 16.6 Å². The van der Waals surface area contributed by atoms with Crippen molar-refractivity contribution in [2.24, 2.45) is 5.41 Å². The van der Waals surface area contributed by atoms with E-state index in [1.165, 1.54) is 4.31 Å². The van der Waals surface area contributed by atoms with Gasteiger partial charge in [0, 0.05) is 20.1 Å². The molecule has 0 spiro atoms. The Bertz CT molecular complexity index is 548. The summed E-state index contributed by atoms with van der Waals surface area (Å²) >= 11 is 0. The minimum atomic E-state index is -3.42. The van der Waals surface area contributed by atoms with E-state index in [0.29, 0.717) is 18.0 Å². The summed E-state index contributed by atoms with van der Waals surface area (Å²) in [6.07, 6.45) is 1.06. The van der Waals surface area contributed by atoms with Crippen molar-refractivity contribution in [3.63, 3.8) is 0 Å². The van der Waals surface area contributed by atoms with Crippen LogP contribution in [0.4, 0.5) is 0 Å². The molecule has 1 rings (SSSR count). The third kappa shape index (κ3) is 5.77. The van der Waals surface area contributed by atoms with Gasteiger partial charge in [-0.2, -0.15) is 0 Å². The minimum absolute atomic E-state index is 0.0673. The maximum atomic E-state index is 12.6. The predicted molar refractivity (Wildman–Crippen MR) is 87.7 cm³/mol. The summed E-state index contributed by atoms with van der Waals surface area (Å²) in [5.74, 6) is 0. The van der Waals surface area contributed by atoms with Crippen LogP contribution in [-0.4, -0.2) is 32.9 Å². The van der Waals surface area contributed by atoms with E-state index in [1.807, 2.05) is 26.8 Å². The van der Waals surface area contributed by atoms with Gasteiger partial charge in [0.2, 0.25) is 10.0 Å². The summed E-state index contributed by atoms with van der Waals surface area (Å²) in [4.78, 5) is 0.366. The Labute approximate surface area is 129 Å². The molecule has 0 radical (unpaired) electrons. The zero-order valence-electron chi connectivity index (χ0n) is 13.8. The molecule has 0 fully saturated rings. The third-order valence-corrected chi connectivity index (χ3v) is 4.86. The van der Waals surface area contributed by atoms with E-state index in [4.69, 9.17) is 0 Å². The maximum Gasteiger partial charge on any atom is 0.242 e. The fraction of sp³-hybridized carbons (Fsp3) is 0.625. The highest BCUT2D eigenvalue weighted by Crippen LogP contribution is 2.21. The fourth-order valence-corrected chi connectivity index (χ4v) is 3.63. The molecule has 0 aliphatic heterocycles. The molecule has 0 heterocycles. The van der Waals surface area contributed by atoms with Gasteiger partial charge in [0.1, 0.15) is 0 Å². The zero-order chi connectivity index (χ0) is 16.1. The molecule has 0 saturated carbocycles. The Balaban J connectivity index is 2.90. The van der Waals surface area contributed by atoms with Gasteiger partial charge in [-0.05, 0) is 36.1 Å². The Morgan fingerprint density at radius 1 is 1.24 bits per heavy atom. The van der Waals surface area contributed by atoms with Crippen LogP contribution in [0.2, 0.25) is 0 Å². The van der Waals surface area contributed by atoms with Crippen LogP contribution in [0.25, 0.3) is 0 Å². The van der Waals surface area contributed by atoms with Crippen LogP contribution >= 0.6 is 0 Å². The van der Waals surface area contributed by atoms with Gasteiger partial charge >= 0.3 is 0 Å². The number of nitrogens with one attached hydrogen (secondary N) is 1. The summed E-state index contributed by atoms with van der Waals surface area (Å²) in [6, 6.07) is 7.18. The van der Waals surface area contributed by atoms with E-state index in [9.17, 15) is 8.42 Å². The van der Waals surface area contributed by atoms with Crippen LogP contribution in [0.3, 0.4) is 0 Å². The van der Waals surface area contributed by atoms with Crippen LogP contribution in [0, 0.1) is 5.41 Å². The Morgan fingerprint density at radius 2 is 1.90 bits per heavy atom. The molecule has 1 aromatic rings. The van der Waals surface area contributed by atoms with Gasteiger partial charge in [-0.15, -0.1) is 0 Å². The largest absolute Gasteiger partial charge is 0.313 e. The molecular formula is C16H28N2O2S. The van der Waals surface area contributed by atoms with Crippen LogP contribution in [0.5, 0.6) is 0 Å². The average Bonchev–Trinajstić information content (AvgIpc) is 2.37. The number of rotatable bonds is 7. The summed E-state index contributed by atoms with van der Waals surface area (Å²) in [7, 11) is -1.78. The average molecular weight is 312 g/mol. The van der Waals surface area contributed by atoms with Crippen LogP contribution in [0.1, 0.15) is 39.7 Å². The molecule has 0 aliphatic rings. The van der Waals surface area contributed by atoms with E-state index < -0.39 is 10.0 Å². The molecule has 0 bridgehead atoms. The second-order valence-corrected chi connectivity index (χ2v) is 8.69. The lowest BCUT2D eigenvalue weighted by atomic mass is 9.97. The number of nitrogens with zero attached hydrogens (tertiary/aromatic N) is 1. The van der Waals surface area contributed by atoms with Crippen molar-refractivity contribution in [3.05, 3.63) is 29.8 Å². The lowest BCUT2D eigenvalue weighted by Crippen LogP contribution is -2.34. The first-order valence-corrected chi connectivity index (χ1v) is 8.87. The molecular weight excluding hydrogens is 284 g/mol. The smallest absolute Gasteiger partial charge is 0.242 e. The predicted octanol–water partition coefficient (Wildman–Crippen LogP) is 2.85. The first kappa shape index (κ1) is 18.1. The molecule has 1 N–H and O–H groups in total. The summed E-state index contributed by atoms with van der Waals surface area (Å²) in [5, 5.41) is 3.29. The lowest BCUT2D eigenvalue weighted by Gasteiger charge is -2.26. The molecule has 4 nitrogen and oxygen atoms in total. The lowest BCUT2D eigenvalue weighted by molar-refractivity contribution is 0.311. The van der Waals surface area contributed by atoms with E-state index in [-0.39, 0.29) is 5.41 Å². The normalized spacial score (nSPS) is 12.9. The number of benzene rings is 1. The van der Waals surface area contributed by atoms with Crippen LogP contribution in [0.15, 0.2) is 29.2 Å². The summed E-state index contributed by atoms with van der Waals surface area (Å²) < 4.78 is 26.6. The van der Waals surface area contributed by atoms with Crippen molar-refractivity contribution in [2.75, 3.05) is 20.1 Å². The van der Waals surface area contributed by atoms with Crippen LogP contribution < -0.4 is 5.32 Å². The van der Waals surface area contributed by atoms with Gasteiger partial charge in [-0.25, -0.2) is 12.7 Å². The summed E-state index contributed by atoms with van der Waals surface area (Å²) in [6.45, 7) is 10.3. The SMILES string of the molecule is CCCNCc1cccc(S(=O)(=O)N(C)CC(C)(C)C)c1. The number of sulfonamides is 1. The molecule has 0 saturated heterocycles. The van der Waals surface area contributed by atoms with E-state index in [0.717, 1.165) is 18.5 Å². The Morgan fingerprint density at radius 3 is 2.48 bits per heavy atom. The van der Waals surface area contributed by atoms with Gasteiger partial charge in [-0.1, -0.05) is 39.8 Å². The number of hydrogen-bond acceptors (Lipinski definition) is 3. The summed E-state index contributed by atoms with van der Waals surface area (Å²) in [5.41, 5.74) is 0.927. The highest BCUT2D eigenvalue weighted by Gasteiger charge is 2.25. The van der Waals surface area contributed by atoms with E-state index in [1.54, 1.807) is 25.2 Å². The van der Waals surface area contributed by atoms with Gasteiger partial charge in [0.15, 0.2) is 0 Å². The minimum Gasteiger partial charge on any atom is -0.313 e. The van der Waals surface area contributed by atoms with Gasteiger partial charge in [0.25, 0.3) is 0 Å². The van der Waals surface area contributed by atoms with Crippen molar-refractivity contribution in [1.29, 1.82) is 0 Å². The monoisotopic (exact) mass is 312 g/mol. The quantitative estimate of drug-likeness (QED) is 0.788. The Hall–Kier alpha value is -0.910.